The number of carbonyl (C=O) groups is 1. The molecule has 0 bridgehead atoms. The second-order valence-corrected chi connectivity index (χ2v) is 4.32. The van der Waals surface area contributed by atoms with Crippen LogP contribution in [0.5, 0.6) is 0 Å². The Morgan fingerprint density at radius 3 is 2.47 bits per heavy atom. The molecule has 2 N–H and O–H groups in total. The van der Waals surface area contributed by atoms with Gasteiger partial charge in [-0.05, 0) is 48.4 Å². The van der Waals surface area contributed by atoms with Crippen LogP contribution in [0.1, 0.15) is 21.5 Å². The third kappa shape index (κ3) is 3.31. The van der Waals surface area contributed by atoms with Crippen LogP contribution in [0.2, 0.25) is 0 Å². The highest BCUT2D eigenvalue weighted by Crippen LogP contribution is 2.13. The summed E-state index contributed by atoms with van der Waals surface area (Å²) in [4.78, 5) is 10.7. The molecular formula is C15H14FNO2. The van der Waals surface area contributed by atoms with Crippen LogP contribution in [0.3, 0.4) is 0 Å². The van der Waals surface area contributed by atoms with E-state index in [1.54, 1.807) is 25.1 Å². The summed E-state index contributed by atoms with van der Waals surface area (Å²) in [7, 11) is 0. The predicted molar refractivity (Wildman–Crippen MR) is 71.9 cm³/mol. The Labute approximate surface area is 110 Å². The molecule has 2 aromatic carbocycles. The Hall–Kier alpha value is -2.36. The minimum absolute atomic E-state index is 0.222. The van der Waals surface area contributed by atoms with Crippen LogP contribution < -0.4 is 5.32 Å². The minimum atomic E-state index is -0.952. The average molecular weight is 259 g/mol. The first kappa shape index (κ1) is 13.1. The summed E-state index contributed by atoms with van der Waals surface area (Å²) < 4.78 is 13.4. The van der Waals surface area contributed by atoms with Crippen LogP contribution >= 0.6 is 0 Å². The number of hydrogen-bond acceptors (Lipinski definition) is 2. The van der Waals surface area contributed by atoms with Gasteiger partial charge in [0, 0.05) is 12.2 Å². The molecule has 0 heterocycles. The fourth-order valence-electron chi connectivity index (χ4n) is 1.68. The fourth-order valence-corrected chi connectivity index (χ4v) is 1.68. The Bertz CT molecular complexity index is 594. The van der Waals surface area contributed by atoms with Gasteiger partial charge in [-0.1, -0.05) is 12.1 Å². The highest BCUT2D eigenvalue weighted by Gasteiger charge is 2.02. The van der Waals surface area contributed by atoms with Gasteiger partial charge < -0.3 is 10.4 Å². The molecule has 0 saturated heterocycles. The van der Waals surface area contributed by atoms with Crippen molar-refractivity contribution >= 4 is 11.7 Å². The predicted octanol–water partition coefficient (Wildman–Crippen LogP) is 3.44. The van der Waals surface area contributed by atoms with Gasteiger partial charge in [0.25, 0.3) is 0 Å². The van der Waals surface area contributed by atoms with E-state index in [0.29, 0.717) is 12.1 Å². The van der Waals surface area contributed by atoms with E-state index in [0.717, 1.165) is 11.3 Å². The van der Waals surface area contributed by atoms with Gasteiger partial charge in [0.1, 0.15) is 5.82 Å². The average Bonchev–Trinajstić information content (AvgIpc) is 2.40. The van der Waals surface area contributed by atoms with Crippen LogP contribution in [-0.4, -0.2) is 11.1 Å². The third-order valence-corrected chi connectivity index (χ3v) is 2.86. The largest absolute Gasteiger partial charge is 0.478 e. The summed E-state index contributed by atoms with van der Waals surface area (Å²) in [6, 6.07) is 11.5. The maximum absolute atomic E-state index is 13.4. The van der Waals surface area contributed by atoms with Crippen LogP contribution in [0.15, 0.2) is 42.5 Å². The standard InChI is InChI=1S/C15H14FNO2/c1-10-2-3-11(8-14(10)16)9-17-13-6-4-12(5-7-13)15(18)19/h2-8,17H,9H2,1H3,(H,18,19). The smallest absolute Gasteiger partial charge is 0.335 e. The van der Waals surface area contributed by atoms with Gasteiger partial charge in [-0.3, -0.25) is 0 Å². The van der Waals surface area contributed by atoms with E-state index in [9.17, 15) is 9.18 Å². The van der Waals surface area contributed by atoms with Crippen molar-refractivity contribution in [1.29, 1.82) is 0 Å². The Morgan fingerprint density at radius 2 is 1.89 bits per heavy atom. The van der Waals surface area contributed by atoms with E-state index in [4.69, 9.17) is 5.11 Å². The lowest BCUT2D eigenvalue weighted by molar-refractivity contribution is 0.0697. The second kappa shape index (κ2) is 5.52. The zero-order valence-corrected chi connectivity index (χ0v) is 10.5. The second-order valence-electron chi connectivity index (χ2n) is 4.32. The molecule has 0 unspecified atom stereocenters. The van der Waals surface area contributed by atoms with E-state index in [1.165, 1.54) is 18.2 Å². The summed E-state index contributed by atoms with van der Waals surface area (Å²) in [6.07, 6.45) is 0. The van der Waals surface area contributed by atoms with Gasteiger partial charge >= 0.3 is 5.97 Å². The number of anilines is 1. The lowest BCUT2D eigenvalue weighted by Crippen LogP contribution is -2.01. The van der Waals surface area contributed by atoms with Crippen LogP contribution in [-0.2, 0) is 6.54 Å². The highest BCUT2D eigenvalue weighted by atomic mass is 19.1. The number of aromatic carboxylic acids is 1. The molecule has 0 aliphatic carbocycles. The van der Waals surface area contributed by atoms with Crippen molar-refractivity contribution in [2.75, 3.05) is 5.32 Å². The Balaban J connectivity index is 2.01. The number of hydrogen-bond donors (Lipinski definition) is 2. The van der Waals surface area contributed by atoms with Crippen molar-refractivity contribution < 1.29 is 14.3 Å². The van der Waals surface area contributed by atoms with Crippen LogP contribution in [0.25, 0.3) is 0 Å². The molecule has 0 amide bonds. The molecule has 0 aliphatic rings. The Kier molecular flexibility index (Phi) is 3.80. The van der Waals surface area contributed by atoms with Crippen molar-refractivity contribution in [2.45, 2.75) is 13.5 Å². The first-order valence-electron chi connectivity index (χ1n) is 5.88. The molecule has 19 heavy (non-hydrogen) atoms. The van der Waals surface area contributed by atoms with Gasteiger partial charge in [-0.2, -0.15) is 0 Å². The monoisotopic (exact) mass is 259 g/mol. The first-order valence-corrected chi connectivity index (χ1v) is 5.88. The molecule has 3 nitrogen and oxygen atoms in total. The van der Waals surface area contributed by atoms with Gasteiger partial charge in [0.15, 0.2) is 0 Å². The zero-order chi connectivity index (χ0) is 13.8. The molecular weight excluding hydrogens is 245 g/mol. The summed E-state index contributed by atoms with van der Waals surface area (Å²) in [5.41, 5.74) is 2.50. The number of nitrogens with one attached hydrogen (secondary N) is 1. The van der Waals surface area contributed by atoms with E-state index in [-0.39, 0.29) is 11.4 Å². The maximum atomic E-state index is 13.4. The quantitative estimate of drug-likeness (QED) is 0.884. The lowest BCUT2D eigenvalue weighted by Gasteiger charge is -2.07. The van der Waals surface area contributed by atoms with Crippen molar-refractivity contribution in [3.05, 3.63) is 65.0 Å². The summed E-state index contributed by atoms with van der Waals surface area (Å²) in [5, 5.41) is 11.9. The molecule has 4 heteroatoms. The summed E-state index contributed by atoms with van der Waals surface area (Å²) >= 11 is 0. The number of halogens is 1. The molecule has 0 aromatic heterocycles. The van der Waals surface area contributed by atoms with Crippen molar-refractivity contribution in [3.63, 3.8) is 0 Å². The summed E-state index contributed by atoms with van der Waals surface area (Å²) in [5.74, 6) is -1.17. The van der Waals surface area contributed by atoms with Gasteiger partial charge in [-0.15, -0.1) is 0 Å². The first-order chi connectivity index (χ1) is 9.06. The topological polar surface area (TPSA) is 49.3 Å². The zero-order valence-electron chi connectivity index (χ0n) is 10.5. The van der Waals surface area contributed by atoms with E-state index >= 15 is 0 Å². The minimum Gasteiger partial charge on any atom is -0.478 e. The van der Waals surface area contributed by atoms with Crippen molar-refractivity contribution in [3.8, 4) is 0 Å². The number of carboxylic acids is 1. The Morgan fingerprint density at radius 1 is 1.21 bits per heavy atom. The SMILES string of the molecule is Cc1ccc(CNc2ccc(C(=O)O)cc2)cc1F. The lowest BCUT2D eigenvalue weighted by atomic mass is 10.1. The molecule has 2 rings (SSSR count). The van der Waals surface area contributed by atoms with E-state index in [2.05, 4.69) is 5.32 Å². The van der Waals surface area contributed by atoms with E-state index < -0.39 is 5.97 Å². The molecule has 0 spiro atoms. The molecule has 2 aromatic rings. The molecule has 0 atom stereocenters. The van der Waals surface area contributed by atoms with Crippen molar-refractivity contribution in [2.24, 2.45) is 0 Å². The van der Waals surface area contributed by atoms with Gasteiger partial charge in [0.2, 0.25) is 0 Å². The molecule has 0 saturated carbocycles. The molecule has 0 fully saturated rings. The van der Waals surface area contributed by atoms with Crippen LogP contribution in [0.4, 0.5) is 10.1 Å². The fraction of sp³-hybridized carbons (Fsp3) is 0.133. The van der Waals surface area contributed by atoms with Gasteiger partial charge in [0.05, 0.1) is 5.56 Å². The molecule has 0 aliphatic heterocycles. The van der Waals surface area contributed by atoms with Crippen molar-refractivity contribution in [1.82, 2.24) is 0 Å². The third-order valence-electron chi connectivity index (χ3n) is 2.86. The number of rotatable bonds is 4. The highest BCUT2D eigenvalue weighted by molar-refractivity contribution is 5.87. The normalized spacial score (nSPS) is 10.2. The number of aryl methyl sites for hydroxylation is 1. The van der Waals surface area contributed by atoms with Gasteiger partial charge in [-0.25, -0.2) is 9.18 Å². The van der Waals surface area contributed by atoms with Crippen LogP contribution in [0, 0.1) is 12.7 Å². The maximum Gasteiger partial charge on any atom is 0.335 e. The molecule has 0 radical (unpaired) electrons. The number of benzene rings is 2. The summed E-state index contributed by atoms with van der Waals surface area (Å²) in [6.45, 7) is 2.21. The molecule has 98 valence electrons. The number of carboxylic acid groups (broad SMARTS) is 1. The van der Waals surface area contributed by atoms with E-state index in [1.807, 2.05) is 6.07 Å².